The highest BCUT2D eigenvalue weighted by Crippen LogP contribution is 2.30. The van der Waals surface area contributed by atoms with Crippen molar-refractivity contribution >= 4 is 22.7 Å². The van der Waals surface area contributed by atoms with Crippen LogP contribution in [0.4, 0.5) is 0 Å². The topological polar surface area (TPSA) is 100 Å². The van der Waals surface area contributed by atoms with Gasteiger partial charge in [0, 0.05) is 25.4 Å². The summed E-state index contributed by atoms with van der Waals surface area (Å²) in [6.45, 7) is 2.99. The molecule has 5 rings (SSSR count). The van der Waals surface area contributed by atoms with Gasteiger partial charge in [-0.05, 0) is 73.7 Å². The molecule has 4 heterocycles. The molecule has 1 aromatic carbocycles. The molecule has 2 aliphatic rings. The third-order valence-electron chi connectivity index (χ3n) is 6.47. The van der Waals surface area contributed by atoms with E-state index < -0.39 is 11.9 Å². The van der Waals surface area contributed by atoms with Crippen LogP contribution in [0.2, 0.25) is 0 Å². The molecule has 31 heavy (non-hydrogen) atoms. The van der Waals surface area contributed by atoms with Crippen molar-refractivity contribution in [2.45, 2.75) is 44.2 Å². The molecule has 0 spiro atoms. The highest BCUT2D eigenvalue weighted by atomic mass is 16.2. The highest BCUT2D eigenvalue weighted by molar-refractivity contribution is 5.99. The van der Waals surface area contributed by atoms with Gasteiger partial charge in [0.1, 0.15) is 6.04 Å². The summed E-state index contributed by atoms with van der Waals surface area (Å²) in [5.41, 5.74) is 3.02. The second-order valence-corrected chi connectivity index (χ2v) is 8.46. The standard InChI is InChI=1S/C23H25N5O3/c29-21-4-3-20(22(30)25-21)28-23(31)18-2-1-17(13-19(18)26-28)16-7-11-27(12-8-16)14-15-5-9-24-10-6-15/h1-2,5-6,9-10,13,16,20,26H,3-4,7-8,11-12,14H2,(H,25,29,30). The molecular weight excluding hydrogens is 394 g/mol. The minimum Gasteiger partial charge on any atom is -0.299 e. The highest BCUT2D eigenvalue weighted by Gasteiger charge is 2.30. The van der Waals surface area contributed by atoms with Crippen molar-refractivity contribution in [1.82, 2.24) is 25.0 Å². The molecule has 3 aromatic rings. The van der Waals surface area contributed by atoms with Crippen molar-refractivity contribution in [3.05, 3.63) is 64.2 Å². The van der Waals surface area contributed by atoms with Crippen LogP contribution in [-0.4, -0.2) is 44.6 Å². The van der Waals surface area contributed by atoms with Gasteiger partial charge in [-0.25, -0.2) is 4.68 Å². The normalized spacial score (nSPS) is 20.8. The number of fused-ring (bicyclic) bond motifs is 1. The number of pyridine rings is 1. The van der Waals surface area contributed by atoms with Gasteiger partial charge in [-0.2, -0.15) is 0 Å². The van der Waals surface area contributed by atoms with Gasteiger partial charge in [0.15, 0.2) is 0 Å². The minimum atomic E-state index is -0.669. The Balaban J connectivity index is 1.31. The zero-order chi connectivity index (χ0) is 21.4. The number of imide groups is 1. The average molecular weight is 419 g/mol. The third-order valence-corrected chi connectivity index (χ3v) is 6.47. The van der Waals surface area contributed by atoms with E-state index in [1.54, 1.807) is 0 Å². The lowest BCUT2D eigenvalue weighted by Crippen LogP contribution is -2.44. The van der Waals surface area contributed by atoms with Gasteiger partial charge >= 0.3 is 0 Å². The fourth-order valence-corrected chi connectivity index (χ4v) is 4.72. The SMILES string of the molecule is O=C1CCC(n2[nH]c3cc(C4CCN(Cc5ccncc5)CC4)ccc3c2=O)C(=O)N1. The number of hydrogen-bond donors (Lipinski definition) is 2. The maximum atomic E-state index is 12.8. The number of piperidine rings is 2. The van der Waals surface area contributed by atoms with Crippen molar-refractivity contribution in [1.29, 1.82) is 0 Å². The molecule has 2 amide bonds. The number of nitrogens with zero attached hydrogens (tertiary/aromatic N) is 3. The smallest absolute Gasteiger partial charge is 0.275 e. The Bertz CT molecular complexity index is 1170. The van der Waals surface area contributed by atoms with Crippen LogP contribution in [0.15, 0.2) is 47.5 Å². The summed E-state index contributed by atoms with van der Waals surface area (Å²) in [4.78, 5) is 43.0. The number of nitrogens with one attached hydrogen (secondary N) is 2. The summed E-state index contributed by atoms with van der Waals surface area (Å²) in [5, 5.41) is 6.01. The number of carbonyl (C=O) groups is 2. The number of aromatic amines is 1. The van der Waals surface area contributed by atoms with Crippen LogP contribution < -0.4 is 10.9 Å². The van der Waals surface area contributed by atoms with Gasteiger partial charge in [0.25, 0.3) is 11.5 Å². The predicted molar refractivity (Wildman–Crippen MR) is 115 cm³/mol. The molecule has 8 heteroatoms. The number of rotatable bonds is 4. The van der Waals surface area contributed by atoms with Crippen molar-refractivity contribution < 1.29 is 9.59 Å². The van der Waals surface area contributed by atoms with Gasteiger partial charge in [0.05, 0.1) is 10.9 Å². The average Bonchev–Trinajstić information content (AvgIpc) is 3.10. The molecule has 2 saturated heterocycles. The molecule has 0 aliphatic carbocycles. The van der Waals surface area contributed by atoms with E-state index in [-0.39, 0.29) is 17.9 Å². The first-order valence-electron chi connectivity index (χ1n) is 10.8. The van der Waals surface area contributed by atoms with E-state index in [4.69, 9.17) is 0 Å². The Labute approximate surface area is 179 Å². The Kier molecular flexibility index (Phi) is 5.15. The summed E-state index contributed by atoms with van der Waals surface area (Å²) in [7, 11) is 0. The largest absolute Gasteiger partial charge is 0.299 e. The molecule has 2 fully saturated rings. The van der Waals surface area contributed by atoms with E-state index in [9.17, 15) is 14.4 Å². The Hall–Kier alpha value is -3.26. The van der Waals surface area contributed by atoms with Gasteiger partial charge in [0.2, 0.25) is 5.91 Å². The molecule has 0 bridgehead atoms. The Morgan fingerprint density at radius 2 is 1.77 bits per heavy atom. The molecule has 2 N–H and O–H groups in total. The molecule has 8 nitrogen and oxygen atoms in total. The van der Waals surface area contributed by atoms with Gasteiger partial charge in [-0.15, -0.1) is 0 Å². The summed E-state index contributed by atoms with van der Waals surface area (Å²) in [6, 6.07) is 9.39. The first-order chi connectivity index (χ1) is 15.1. The minimum absolute atomic E-state index is 0.219. The molecular formula is C23H25N5O3. The molecule has 1 atom stereocenters. The van der Waals surface area contributed by atoms with E-state index >= 15 is 0 Å². The predicted octanol–water partition coefficient (Wildman–Crippen LogP) is 2.08. The molecule has 160 valence electrons. The number of benzene rings is 1. The van der Waals surface area contributed by atoms with Gasteiger partial charge in [-0.1, -0.05) is 6.07 Å². The number of aromatic nitrogens is 3. The summed E-state index contributed by atoms with van der Waals surface area (Å²) in [6.07, 6.45) is 6.36. The zero-order valence-electron chi connectivity index (χ0n) is 17.2. The number of amides is 2. The first kappa shape index (κ1) is 19.7. The number of H-pyrrole nitrogens is 1. The van der Waals surface area contributed by atoms with Gasteiger partial charge < -0.3 is 0 Å². The summed E-state index contributed by atoms with van der Waals surface area (Å²) in [5.74, 6) is -0.268. The van der Waals surface area contributed by atoms with Crippen molar-refractivity contribution in [3.63, 3.8) is 0 Å². The van der Waals surface area contributed by atoms with Crippen LogP contribution in [-0.2, 0) is 16.1 Å². The van der Waals surface area contributed by atoms with Crippen LogP contribution >= 0.6 is 0 Å². The van der Waals surface area contributed by atoms with Gasteiger partial charge in [-0.3, -0.25) is 34.7 Å². The summed E-state index contributed by atoms with van der Waals surface area (Å²) < 4.78 is 1.37. The Morgan fingerprint density at radius 3 is 2.52 bits per heavy atom. The second-order valence-electron chi connectivity index (χ2n) is 8.46. The lowest BCUT2D eigenvalue weighted by molar-refractivity contribution is -0.136. The molecule has 2 aromatic heterocycles. The maximum absolute atomic E-state index is 12.8. The number of hydrogen-bond acceptors (Lipinski definition) is 5. The fourth-order valence-electron chi connectivity index (χ4n) is 4.72. The van der Waals surface area contributed by atoms with E-state index in [0.717, 1.165) is 38.0 Å². The molecule has 0 radical (unpaired) electrons. The fraction of sp³-hybridized carbons (Fsp3) is 0.391. The first-order valence-corrected chi connectivity index (χ1v) is 10.8. The molecule has 1 unspecified atom stereocenters. The third kappa shape index (κ3) is 3.90. The lowest BCUT2D eigenvalue weighted by atomic mass is 9.89. The molecule has 0 saturated carbocycles. The van der Waals surface area contributed by atoms with Crippen LogP contribution in [0.1, 0.15) is 48.8 Å². The maximum Gasteiger partial charge on any atom is 0.275 e. The van der Waals surface area contributed by atoms with Crippen molar-refractivity contribution in [2.24, 2.45) is 0 Å². The van der Waals surface area contributed by atoms with E-state index in [1.807, 2.05) is 30.6 Å². The van der Waals surface area contributed by atoms with Crippen LogP contribution in [0.5, 0.6) is 0 Å². The van der Waals surface area contributed by atoms with E-state index in [0.29, 0.717) is 17.7 Å². The van der Waals surface area contributed by atoms with Crippen molar-refractivity contribution in [2.75, 3.05) is 13.1 Å². The summed E-state index contributed by atoms with van der Waals surface area (Å²) >= 11 is 0. The lowest BCUT2D eigenvalue weighted by Gasteiger charge is -2.32. The van der Waals surface area contributed by atoms with Crippen LogP contribution in [0.25, 0.3) is 10.9 Å². The quantitative estimate of drug-likeness (QED) is 0.631. The van der Waals surface area contributed by atoms with E-state index in [1.165, 1.54) is 15.8 Å². The van der Waals surface area contributed by atoms with Crippen LogP contribution in [0, 0.1) is 0 Å². The van der Waals surface area contributed by atoms with E-state index in [2.05, 4.69) is 32.4 Å². The molecule has 2 aliphatic heterocycles. The van der Waals surface area contributed by atoms with Crippen LogP contribution in [0.3, 0.4) is 0 Å². The monoisotopic (exact) mass is 419 g/mol. The Morgan fingerprint density at radius 1 is 1.00 bits per heavy atom. The second kappa shape index (κ2) is 8.11. The van der Waals surface area contributed by atoms with Crippen molar-refractivity contribution in [3.8, 4) is 0 Å². The number of likely N-dealkylation sites (tertiary alicyclic amines) is 1. The zero-order valence-corrected chi connectivity index (χ0v) is 17.2. The number of carbonyl (C=O) groups excluding carboxylic acids is 2.